The summed E-state index contributed by atoms with van der Waals surface area (Å²) < 4.78 is 8.33. The van der Waals surface area contributed by atoms with Gasteiger partial charge in [-0.25, -0.2) is 0 Å². The number of nitrogens with zero attached hydrogens (tertiary/aromatic N) is 2. The number of aliphatic carboxylic acids is 1. The molecule has 2 N–H and O–H groups in total. The van der Waals surface area contributed by atoms with Gasteiger partial charge in [0.25, 0.3) is 0 Å². The fourth-order valence-electron chi connectivity index (χ4n) is 2.39. The number of rotatable bonds is 4. The Bertz CT molecular complexity index is 664. The van der Waals surface area contributed by atoms with E-state index in [0.29, 0.717) is 12.8 Å². The van der Waals surface area contributed by atoms with Gasteiger partial charge in [-0.2, -0.15) is 8.75 Å². The first-order valence-electron chi connectivity index (χ1n) is 6.36. The molecule has 0 spiro atoms. The highest BCUT2D eigenvalue weighted by Gasteiger charge is 2.35. The normalized spacial score (nSPS) is 21.4. The second-order valence-electron chi connectivity index (χ2n) is 5.00. The van der Waals surface area contributed by atoms with Crippen molar-refractivity contribution < 1.29 is 14.7 Å². The van der Waals surface area contributed by atoms with E-state index in [2.05, 4.69) is 14.1 Å². The minimum Gasteiger partial charge on any atom is -0.481 e. The van der Waals surface area contributed by atoms with Gasteiger partial charge < -0.3 is 10.4 Å². The van der Waals surface area contributed by atoms with Crippen LogP contribution in [0.25, 0.3) is 11.0 Å². The van der Waals surface area contributed by atoms with Crippen molar-refractivity contribution in [2.75, 3.05) is 0 Å². The summed E-state index contributed by atoms with van der Waals surface area (Å²) in [5, 5.41) is 11.6. The Balaban J connectivity index is 1.60. The quantitative estimate of drug-likeness (QED) is 0.883. The van der Waals surface area contributed by atoms with E-state index in [1.54, 1.807) is 0 Å². The van der Waals surface area contributed by atoms with Crippen LogP contribution in [0.5, 0.6) is 0 Å². The number of carboxylic acids is 1. The van der Waals surface area contributed by atoms with Crippen LogP contribution in [0.4, 0.5) is 0 Å². The van der Waals surface area contributed by atoms with Crippen molar-refractivity contribution in [1.82, 2.24) is 14.1 Å². The van der Waals surface area contributed by atoms with Gasteiger partial charge in [0.2, 0.25) is 5.91 Å². The maximum Gasteiger partial charge on any atom is 0.306 e. The van der Waals surface area contributed by atoms with Crippen LogP contribution >= 0.6 is 11.7 Å². The molecular formula is C13H13N3O3S. The molecule has 0 aliphatic heterocycles. The summed E-state index contributed by atoms with van der Waals surface area (Å²) in [4.78, 5) is 22.6. The number of fused-ring (bicyclic) bond motifs is 1. The average Bonchev–Trinajstić information content (AvgIpc) is 2.82. The summed E-state index contributed by atoms with van der Waals surface area (Å²) in [7, 11) is 0. The number of amides is 1. The van der Waals surface area contributed by atoms with Crippen LogP contribution in [0, 0.1) is 5.92 Å². The molecule has 1 aromatic heterocycles. The standard InChI is InChI=1S/C13H13N3O3S/c17-11(14-9-4-8(5-9)13(18)19)6-7-2-1-3-10-12(7)16-20-15-10/h1-3,8-9H,4-6H2,(H,14,17)(H,18,19). The van der Waals surface area contributed by atoms with E-state index in [9.17, 15) is 9.59 Å². The van der Waals surface area contributed by atoms with Crippen molar-refractivity contribution in [1.29, 1.82) is 0 Å². The zero-order chi connectivity index (χ0) is 14.1. The van der Waals surface area contributed by atoms with Crippen LogP contribution in [0.3, 0.4) is 0 Å². The summed E-state index contributed by atoms with van der Waals surface area (Å²) in [5.74, 6) is -1.19. The summed E-state index contributed by atoms with van der Waals surface area (Å²) >= 11 is 1.13. The molecule has 1 saturated carbocycles. The molecule has 0 saturated heterocycles. The number of hydrogen-bond acceptors (Lipinski definition) is 5. The molecule has 6 nitrogen and oxygen atoms in total. The highest BCUT2D eigenvalue weighted by atomic mass is 32.1. The number of benzene rings is 1. The Kier molecular flexibility index (Phi) is 3.35. The van der Waals surface area contributed by atoms with E-state index < -0.39 is 5.97 Å². The van der Waals surface area contributed by atoms with Crippen LogP contribution in [0.2, 0.25) is 0 Å². The highest BCUT2D eigenvalue weighted by Crippen LogP contribution is 2.27. The molecule has 2 aromatic rings. The Morgan fingerprint density at radius 1 is 1.35 bits per heavy atom. The Morgan fingerprint density at radius 2 is 2.15 bits per heavy atom. The summed E-state index contributed by atoms with van der Waals surface area (Å²) in [5.41, 5.74) is 2.42. The Morgan fingerprint density at radius 3 is 2.90 bits per heavy atom. The summed E-state index contributed by atoms with van der Waals surface area (Å²) in [6, 6.07) is 5.57. The van der Waals surface area contributed by atoms with Crippen LogP contribution < -0.4 is 5.32 Å². The van der Waals surface area contributed by atoms with Gasteiger partial charge in [0.15, 0.2) is 0 Å². The Hall–Kier alpha value is -2.02. The molecule has 1 aliphatic carbocycles. The molecule has 0 atom stereocenters. The maximum atomic E-state index is 12.0. The third-order valence-corrected chi connectivity index (χ3v) is 4.12. The molecule has 0 bridgehead atoms. The fourth-order valence-corrected chi connectivity index (χ4v) is 2.96. The predicted octanol–water partition coefficient (Wildman–Crippen LogP) is 1.21. The monoisotopic (exact) mass is 291 g/mol. The predicted molar refractivity (Wildman–Crippen MR) is 73.4 cm³/mol. The molecule has 0 radical (unpaired) electrons. The van der Waals surface area contributed by atoms with Gasteiger partial charge in [0.1, 0.15) is 11.0 Å². The number of hydrogen-bond donors (Lipinski definition) is 2. The highest BCUT2D eigenvalue weighted by molar-refractivity contribution is 7.00. The first-order chi connectivity index (χ1) is 9.63. The summed E-state index contributed by atoms with van der Waals surface area (Å²) in [6.07, 6.45) is 1.28. The third-order valence-electron chi connectivity index (χ3n) is 3.57. The third kappa shape index (κ3) is 2.49. The van der Waals surface area contributed by atoms with Crippen molar-refractivity contribution in [2.45, 2.75) is 25.3 Å². The van der Waals surface area contributed by atoms with Crippen LogP contribution in [-0.2, 0) is 16.0 Å². The van der Waals surface area contributed by atoms with Gasteiger partial charge in [0.05, 0.1) is 24.1 Å². The van der Waals surface area contributed by atoms with Gasteiger partial charge in [0, 0.05) is 6.04 Å². The van der Waals surface area contributed by atoms with Crippen LogP contribution in [0.1, 0.15) is 18.4 Å². The smallest absolute Gasteiger partial charge is 0.306 e. The lowest BCUT2D eigenvalue weighted by Gasteiger charge is -2.32. The zero-order valence-electron chi connectivity index (χ0n) is 10.6. The van der Waals surface area contributed by atoms with E-state index in [-0.39, 0.29) is 24.3 Å². The summed E-state index contributed by atoms with van der Waals surface area (Å²) in [6.45, 7) is 0. The molecule has 20 heavy (non-hydrogen) atoms. The lowest BCUT2D eigenvalue weighted by atomic mass is 9.80. The molecule has 1 aromatic carbocycles. The second-order valence-corrected chi connectivity index (χ2v) is 5.53. The van der Waals surface area contributed by atoms with E-state index in [1.165, 1.54) is 0 Å². The zero-order valence-corrected chi connectivity index (χ0v) is 11.4. The minimum absolute atomic E-state index is 0.0173. The number of aromatic nitrogens is 2. The molecular weight excluding hydrogens is 278 g/mol. The van der Waals surface area contributed by atoms with Gasteiger partial charge in [-0.05, 0) is 24.5 Å². The molecule has 1 amide bonds. The van der Waals surface area contributed by atoms with Crippen LogP contribution in [0.15, 0.2) is 18.2 Å². The van der Waals surface area contributed by atoms with Crippen LogP contribution in [-0.4, -0.2) is 31.8 Å². The van der Waals surface area contributed by atoms with Crippen molar-refractivity contribution in [3.63, 3.8) is 0 Å². The number of carboxylic acid groups (broad SMARTS) is 1. The van der Waals surface area contributed by atoms with Gasteiger partial charge in [-0.3, -0.25) is 9.59 Å². The first kappa shape index (κ1) is 13.0. The van der Waals surface area contributed by atoms with Crippen molar-refractivity contribution in [3.05, 3.63) is 23.8 Å². The SMILES string of the molecule is O=C(Cc1cccc2nsnc12)NC1CC(C(=O)O)C1. The van der Waals surface area contributed by atoms with E-state index in [0.717, 1.165) is 28.3 Å². The van der Waals surface area contributed by atoms with Crippen molar-refractivity contribution in [3.8, 4) is 0 Å². The molecule has 0 unspecified atom stereocenters. The average molecular weight is 291 g/mol. The lowest BCUT2D eigenvalue weighted by molar-refractivity contribution is -0.146. The second kappa shape index (κ2) is 5.16. The van der Waals surface area contributed by atoms with E-state index in [4.69, 9.17) is 5.11 Å². The molecule has 1 aliphatic rings. The molecule has 3 rings (SSSR count). The van der Waals surface area contributed by atoms with Crippen molar-refractivity contribution >= 4 is 34.6 Å². The molecule has 1 heterocycles. The van der Waals surface area contributed by atoms with Gasteiger partial charge in [-0.1, -0.05) is 12.1 Å². The van der Waals surface area contributed by atoms with Gasteiger partial charge >= 0.3 is 5.97 Å². The fraction of sp³-hybridized carbons (Fsp3) is 0.385. The number of carbonyl (C=O) groups excluding carboxylic acids is 1. The molecule has 104 valence electrons. The molecule has 7 heteroatoms. The Labute approximate surface area is 119 Å². The first-order valence-corrected chi connectivity index (χ1v) is 7.09. The lowest BCUT2D eigenvalue weighted by Crippen LogP contribution is -2.47. The van der Waals surface area contributed by atoms with E-state index in [1.807, 2.05) is 18.2 Å². The number of carbonyl (C=O) groups is 2. The minimum atomic E-state index is -0.784. The van der Waals surface area contributed by atoms with E-state index >= 15 is 0 Å². The maximum absolute atomic E-state index is 12.0. The topological polar surface area (TPSA) is 92.2 Å². The number of nitrogens with one attached hydrogen (secondary N) is 1. The largest absolute Gasteiger partial charge is 0.481 e. The van der Waals surface area contributed by atoms with Crippen molar-refractivity contribution in [2.24, 2.45) is 5.92 Å². The molecule has 1 fully saturated rings. The van der Waals surface area contributed by atoms with Gasteiger partial charge in [-0.15, -0.1) is 0 Å².